The van der Waals surface area contributed by atoms with Crippen LogP contribution < -0.4 is 24.2 Å². The SMILES string of the molecule is CC(=O)Oc1c(C)c(C)c2c(c1C)CCC(C)(CC(=O)N1CCN(c3nc(N4CCCC4)nc(N4CCCC4)n3)CC1)O2. The van der Waals surface area contributed by atoms with Crippen LogP contribution in [0.3, 0.4) is 0 Å². The zero-order valence-corrected chi connectivity index (χ0v) is 26.4. The average Bonchev–Trinajstić information content (AvgIpc) is 3.73. The minimum atomic E-state index is -0.600. The molecule has 1 aromatic carbocycles. The molecule has 4 aliphatic heterocycles. The van der Waals surface area contributed by atoms with Crippen LogP contribution in [0.1, 0.15) is 74.6 Å². The maximum absolute atomic E-state index is 13.6. The van der Waals surface area contributed by atoms with Crippen molar-refractivity contribution in [2.75, 3.05) is 67.1 Å². The van der Waals surface area contributed by atoms with Crippen LogP contribution in [-0.4, -0.2) is 89.7 Å². The lowest BCUT2D eigenvalue weighted by atomic mass is 9.85. The summed E-state index contributed by atoms with van der Waals surface area (Å²) in [6.07, 6.45) is 6.49. The summed E-state index contributed by atoms with van der Waals surface area (Å²) in [5.74, 6) is 3.53. The molecule has 4 aliphatic rings. The first-order valence-electron chi connectivity index (χ1n) is 15.9. The van der Waals surface area contributed by atoms with E-state index in [1.165, 1.54) is 32.6 Å². The Labute approximate surface area is 254 Å². The molecule has 3 saturated heterocycles. The Morgan fingerprint density at radius 1 is 0.767 bits per heavy atom. The first kappa shape index (κ1) is 29.4. The Kier molecular flexibility index (Phi) is 8.08. The molecule has 0 bridgehead atoms. The van der Waals surface area contributed by atoms with E-state index in [1.54, 1.807) is 0 Å². The Morgan fingerprint density at radius 3 is 1.79 bits per heavy atom. The normalized spacial score (nSPS) is 22.1. The van der Waals surface area contributed by atoms with Crippen LogP contribution in [-0.2, 0) is 16.0 Å². The number of carbonyl (C=O) groups excluding carboxylic acids is 2. The van der Waals surface area contributed by atoms with Crippen molar-refractivity contribution in [1.82, 2.24) is 19.9 Å². The minimum absolute atomic E-state index is 0.111. The number of benzene rings is 1. The third kappa shape index (κ3) is 5.95. The first-order chi connectivity index (χ1) is 20.6. The number of aromatic nitrogens is 3. The van der Waals surface area contributed by atoms with Gasteiger partial charge in [-0.05, 0) is 82.9 Å². The second kappa shape index (κ2) is 11.8. The zero-order valence-electron chi connectivity index (χ0n) is 26.4. The number of hydrogen-bond donors (Lipinski definition) is 0. The third-order valence-electron chi connectivity index (χ3n) is 9.63. The van der Waals surface area contributed by atoms with Crippen molar-refractivity contribution in [3.8, 4) is 11.5 Å². The lowest BCUT2D eigenvalue weighted by molar-refractivity contribution is -0.136. The van der Waals surface area contributed by atoms with Gasteiger partial charge >= 0.3 is 5.97 Å². The molecule has 2 aromatic rings. The van der Waals surface area contributed by atoms with Crippen molar-refractivity contribution in [2.45, 2.75) is 85.2 Å². The number of esters is 1. The monoisotopic (exact) mass is 591 g/mol. The molecule has 1 amide bonds. The molecule has 43 heavy (non-hydrogen) atoms. The summed E-state index contributed by atoms with van der Waals surface area (Å²) in [5, 5.41) is 0. The van der Waals surface area contributed by atoms with E-state index >= 15 is 0 Å². The fraction of sp³-hybridized carbons (Fsp3) is 0.656. The number of amides is 1. The Balaban J connectivity index is 1.12. The van der Waals surface area contributed by atoms with Gasteiger partial charge in [0, 0.05) is 64.8 Å². The van der Waals surface area contributed by atoms with Gasteiger partial charge in [0.1, 0.15) is 17.1 Å². The number of nitrogens with zero attached hydrogens (tertiary/aromatic N) is 7. The van der Waals surface area contributed by atoms with E-state index in [9.17, 15) is 9.59 Å². The molecule has 1 unspecified atom stereocenters. The number of rotatable bonds is 6. The number of carbonyl (C=O) groups is 2. The number of ether oxygens (including phenoxy) is 2. The largest absolute Gasteiger partial charge is 0.486 e. The van der Waals surface area contributed by atoms with Crippen molar-refractivity contribution in [3.05, 3.63) is 22.3 Å². The van der Waals surface area contributed by atoms with E-state index in [1.807, 2.05) is 32.6 Å². The Hall–Kier alpha value is -3.63. The van der Waals surface area contributed by atoms with E-state index in [0.717, 1.165) is 84.9 Å². The van der Waals surface area contributed by atoms with Crippen LogP contribution in [0.5, 0.6) is 11.5 Å². The van der Waals surface area contributed by atoms with Gasteiger partial charge in [-0.3, -0.25) is 9.59 Å². The van der Waals surface area contributed by atoms with Gasteiger partial charge in [-0.2, -0.15) is 15.0 Å². The van der Waals surface area contributed by atoms with Crippen molar-refractivity contribution in [1.29, 1.82) is 0 Å². The van der Waals surface area contributed by atoms with Gasteiger partial charge in [0.25, 0.3) is 0 Å². The molecule has 0 aliphatic carbocycles. The van der Waals surface area contributed by atoms with Gasteiger partial charge < -0.3 is 29.1 Å². The highest BCUT2D eigenvalue weighted by Gasteiger charge is 2.38. The lowest BCUT2D eigenvalue weighted by Gasteiger charge is -2.40. The van der Waals surface area contributed by atoms with E-state index in [-0.39, 0.29) is 11.9 Å². The maximum Gasteiger partial charge on any atom is 0.308 e. The molecular formula is C32H45N7O4. The Morgan fingerprint density at radius 2 is 1.28 bits per heavy atom. The maximum atomic E-state index is 13.6. The fourth-order valence-electron chi connectivity index (χ4n) is 6.89. The molecule has 1 atom stereocenters. The third-order valence-corrected chi connectivity index (χ3v) is 9.63. The van der Waals surface area contributed by atoms with Crippen molar-refractivity contribution >= 4 is 29.7 Å². The average molecular weight is 592 g/mol. The summed E-state index contributed by atoms with van der Waals surface area (Å²) < 4.78 is 12.2. The second-order valence-corrected chi connectivity index (χ2v) is 12.8. The van der Waals surface area contributed by atoms with Crippen molar-refractivity contribution < 1.29 is 19.1 Å². The highest BCUT2D eigenvalue weighted by Crippen LogP contribution is 2.44. The Bertz CT molecular complexity index is 1360. The highest BCUT2D eigenvalue weighted by atomic mass is 16.5. The van der Waals surface area contributed by atoms with Crippen LogP contribution in [0.2, 0.25) is 0 Å². The lowest BCUT2D eigenvalue weighted by Crippen LogP contribution is -2.51. The first-order valence-corrected chi connectivity index (χ1v) is 15.9. The fourth-order valence-corrected chi connectivity index (χ4v) is 6.89. The standard InChI is InChI=1S/C32H45N7O4/c1-21-22(2)28-25(23(3)27(21)42-24(4)40)10-11-32(5,43-28)20-26(41)36-16-18-39(19-17-36)31-34-29(37-12-6-7-13-37)33-30(35-31)38-14-8-9-15-38/h6-20H2,1-5H3. The van der Waals surface area contributed by atoms with E-state index in [2.05, 4.69) is 14.7 Å². The predicted octanol–water partition coefficient (Wildman–Crippen LogP) is 3.75. The summed E-state index contributed by atoms with van der Waals surface area (Å²) in [6, 6.07) is 0. The van der Waals surface area contributed by atoms with Gasteiger partial charge in [-0.25, -0.2) is 0 Å². The summed E-state index contributed by atoms with van der Waals surface area (Å²) in [6.45, 7) is 16.0. The summed E-state index contributed by atoms with van der Waals surface area (Å²) in [7, 11) is 0. The van der Waals surface area contributed by atoms with Gasteiger partial charge in [0.05, 0.1) is 6.42 Å². The molecule has 6 rings (SSSR count). The molecule has 3 fully saturated rings. The number of anilines is 3. The summed E-state index contributed by atoms with van der Waals surface area (Å²) in [4.78, 5) is 48.7. The smallest absolute Gasteiger partial charge is 0.308 e. The quantitative estimate of drug-likeness (QED) is 0.365. The molecule has 0 N–H and O–H groups in total. The van der Waals surface area contributed by atoms with E-state index < -0.39 is 5.60 Å². The molecule has 0 radical (unpaired) electrons. The van der Waals surface area contributed by atoms with Crippen molar-refractivity contribution in [3.63, 3.8) is 0 Å². The van der Waals surface area contributed by atoms with Crippen LogP contribution in [0.15, 0.2) is 0 Å². The molecule has 1 aromatic heterocycles. The van der Waals surface area contributed by atoms with Gasteiger partial charge in [-0.15, -0.1) is 0 Å². The van der Waals surface area contributed by atoms with E-state index in [4.69, 9.17) is 24.4 Å². The molecule has 5 heterocycles. The second-order valence-electron chi connectivity index (χ2n) is 12.8. The number of hydrogen-bond acceptors (Lipinski definition) is 10. The summed E-state index contributed by atoms with van der Waals surface area (Å²) in [5.41, 5.74) is 3.27. The molecular weight excluding hydrogens is 546 g/mol. The molecule has 232 valence electrons. The molecule has 0 saturated carbocycles. The molecule has 11 heteroatoms. The number of piperazine rings is 1. The van der Waals surface area contributed by atoms with Crippen molar-refractivity contribution in [2.24, 2.45) is 0 Å². The topological polar surface area (TPSA) is 104 Å². The minimum Gasteiger partial charge on any atom is -0.486 e. The van der Waals surface area contributed by atoms with Crippen LogP contribution in [0.4, 0.5) is 17.8 Å². The molecule has 0 spiro atoms. The van der Waals surface area contributed by atoms with Crippen LogP contribution in [0.25, 0.3) is 0 Å². The van der Waals surface area contributed by atoms with Crippen LogP contribution in [0, 0.1) is 20.8 Å². The van der Waals surface area contributed by atoms with E-state index in [0.29, 0.717) is 38.3 Å². The van der Waals surface area contributed by atoms with Crippen LogP contribution >= 0.6 is 0 Å². The van der Waals surface area contributed by atoms with Gasteiger partial charge in [-0.1, -0.05) is 0 Å². The molecule has 11 nitrogen and oxygen atoms in total. The van der Waals surface area contributed by atoms with Gasteiger partial charge in [0.15, 0.2) is 0 Å². The highest BCUT2D eigenvalue weighted by molar-refractivity contribution is 5.78. The summed E-state index contributed by atoms with van der Waals surface area (Å²) >= 11 is 0. The van der Waals surface area contributed by atoms with Gasteiger partial charge in [0.2, 0.25) is 23.8 Å². The zero-order chi connectivity index (χ0) is 30.3. The number of fused-ring (bicyclic) bond motifs is 1. The predicted molar refractivity (Wildman–Crippen MR) is 165 cm³/mol.